The zero-order valence-electron chi connectivity index (χ0n) is 14.2. The van der Waals surface area contributed by atoms with Crippen molar-refractivity contribution in [3.63, 3.8) is 0 Å². The Kier molecular flexibility index (Phi) is 5.46. The summed E-state index contributed by atoms with van der Waals surface area (Å²) in [5.74, 6) is 1.12. The molecule has 2 saturated carbocycles. The molecule has 5 unspecified atom stereocenters. The van der Waals surface area contributed by atoms with E-state index >= 15 is 0 Å². The van der Waals surface area contributed by atoms with E-state index in [9.17, 15) is 4.79 Å². The normalized spacial score (nSPS) is 28.4. The van der Waals surface area contributed by atoms with E-state index in [4.69, 9.17) is 10.7 Å². The molecule has 3 N–H and O–H groups in total. The Bertz CT molecular complexity index is 733. The molecular formula is C19H24ClN3OS. The number of hydrogen-bond donors (Lipinski definition) is 2. The largest absolute Gasteiger partial charge is 0.347 e. The van der Waals surface area contributed by atoms with Crippen LogP contribution < -0.4 is 11.1 Å². The van der Waals surface area contributed by atoms with Crippen LogP contribution in [0, 0.1) is 17.8 Å². The number of thiazole rings is 1. The molecule has 0 aliphatic heterocycles. The molecule has 5 atom stereocenters. The van der Waals surface area contributed by atoms with E-state index in [0.717, 1.165) is 29.1 Å². The Morgan fingerprint density at radius 3 is 2.68 bits per heavy atom. The number of nitrogens with zero attached hydrogens (tertiary/aromatic N) is 1. The Balaban J connectivity index is 0.00000182. The van der Waals surface area contributed by atoms with Gasteiger partial charge < -0.3 is 11.1 Å². The highest BCUT2D eigenvalue weighted by atomic mass is 35.5. The maximum absolute atomic E-state index is 12.7. The summed E-state index contributed by atoms with van der Waals surface area (Å²) in [6, 6.07) is 10.1. The molecule has 2 aliphatic rings. The fourth-order valence-corrected chi connectivity index (χ4v) is 5.16. The zero-order valence-corrected chi connectivity index (χ0v) is 15.9. The summed E-state index contributed by atoms with van der Waals surface area (Å²) in [5, 5.41) is 6.14. The molecule has 4 rings (SSSR count). The van der Waals surface area contributed by atoms with Crippen molar-refractivity contribution >= 4 is 29.7 Å². The van der Waals surface area contributed by atoms with Crippen LogP contribution in [0.4, 0.5) is 0 Å². The molecular weight excluding hydrogens is 354 g/mol. The van der Waals surface area contributed by atoms with Gasteiger partial charge in [-0.3, -0.25) is 4.79 Å². The van der Waals surface area contributed by atoms with Crippen molar-refractivity contribution in [2.75, 3.05) is 0 Å². The molecule has 1 aromatic heterocycles. The quantitative estimate of drug-likeness (QED) is 0.851. The fraction of sp³-hybridized carbons (Fsp3) is 0.474. The maximum atomic E-state index is 12.7. The Labute approximate surface area is 158 Å². The topological polar surface area (TPSA) is 68.0 Å². The number of carbonyl (C=O) groups excluding carboxylic acids is 1. The van der Waals surface area contributed by atoms with Crippen LogP contribution in [-0.2, 0) is 4.79 Å². The number of rotatable bonds is 4. The lowest BCUT2D eigenvalue weighted by molar-refractivity contribution is -0.127. The second-order valence-corrected chi connectivity index (χ2v) is 7.99. The molecule has 0 radical (unpaired) electrons. The van der Waals surface area contributed by atoms with Crippen molar-refractivity contribution < 1.29 is 4.79 Å². The van der Waals surface area contributed by atoms with E-state index < -0.39 is 0 Å². The molecule has 134 valence electrons. The Hall–Kier alpha value is -1.43. The number of nitrogens with one attached hydrogen (secondary N) is 1. The SMILES string of the molecule is CC(NC(=O)C1C2CCC(C2)C1N)c1nc(-c2ccccc2)cs1.Cl. The van der Waals surface area contributed by atoms with Crippen LogP contribution in [0.15, 0.2) is 35.7 Å². The summed E-state index contributed by atoms with van der Waals surface area (Å²) in [6.45, 7) is 2.00. The minimum atomic E-state index is -0.0775. The average molecular weight is 378 g/mol. The second-order valence-electron chi connectivity index (χ2n) is 7.10. The second kappa shape index (κ2) is 7.44. The number of hydrogen-bond acceptors (Lipinski definition) is 4. The minimum Gasteiger partial charge on any atom is -0.347 e. The first kappa shape index (κ1) is 18.4. The third kappa shape index (κ3) is 3.46. The van der Waals surface area contributed by atoms with Crippen molar-refractivity contribution in [1.82, 2.24) is 10.3 Å². The predicted octanol–water partition coefficient (Wildman–Crippen LogP) is 3.78. The van der Waals surface area contributed by atoms with Crippen LogP contribution in [0.1, 0.15) is 37.2 Å². The highest BCUT2D eigenvalue weighted by Gasteiger charge is 2.49. The van der Waals surface area contributed by atoms with Crippen LogP contribution in [-0.4, -0.2) is 16.9 Å². The van der Waals surface area contributed by atoms with Gasteiger partial charge in [0.25, 0.3) is 0 Å². The number of nitrogens with two attached hydrogens (primary N) is 1. The fourth-order valence-electron chi connectivity index (χ4n) is 4.32. The molecule has 2 bridgehead atoms. The van der Waals surface area contributed by atoms with E-state index in [1.165, 1.54) is 6.42 Å². The Morgan fingerprint density at radius 2 is 2.00 bits per heavy atom. The zero-order chi connectivity index (χ0) is 16.7. The lowest BCUT2D eigenvalue weighted by Gasteiger charge is -2.28. The molecule has 4 nitrogen and oxygen atoms in total. The van der Waals surface area contributed by atoms with E-state index in [1.54, 1.807) is 11.3 Å². The first-order valence-corrected chi connectivity index (χ1v) is 9.58. The van der Waals surface area contributed by atoms with Gasteiger partial charge in [-0.25, -0.2) is 4.98 Å². The molecule has 0 spiro atoms. The van der Waals surface area contributed by atoms with Crippen LogP contribution >= 0.6 is 23.7 Å². The van der Waals surface area contributed by atoms with E-state index in [2.05, 4.69) is 22.8 Å². The summed E-state index contributed by atoms with van der Waals surface area (Å²) >= 11 is 1.60. The van der Waals surface area contributed by atoms with Crippen molar-refractivity contribution in [2.45, 2.75) is 38.3 Å². The first-order chi connectivity index (χ1) is 11.6. The molecule has 0 saturated heterocycles. The van der Waals surface area contributed by atoms with Crippen LogP contribution in [0.25, 0.3) is 11.3 Å². The van der Waals surface area contributed by atoms with Gasteiger partial charge in [0.1, 0.15) is 5.01 Å². The van der Waals surface area contributed by atoms with Gasteiger partial charge in [0, 0.05) is 17.0 Å². The summed E-state index contributed by atoms with van der Waals surface area (Å²) in [7, 11) is 0. The van der Waals surface area contributed by atoms with Gasteiger partial charge in [0.2, 0.25) is 5.91 Å². The number of halogens is 1. The predicted molar refractivity (Wildman–Crippen MR) is 104 cm³/mol. The van der Waals surface area contributed by atoms with Crippen LogP contribution in [0.2, 0.25) is 0 Å². The van der Waals surface area contributed by atoms with E-state index in [0.29, 0.717) is 11.8 Å². The summed E-state index contributed by atoms with van der Waals surface area (Å²) in [5.41, 5.74) is 8.36. The maximum Gasteiger partial charge on any atom is 0.225 e. The van der Waals surface area contributed by atoms with Gasteiger partial charge >= 0.3 is 0 Å². The van der Waals surface area contributed by atoms with Crippen molar-refractivity contribution in [3.05, 3.63) is 40.7 Å². The molecule has 1 heterocycles. The number of amides is 1. The number of fused-ring (bicyclic) bond motifs is 2. The van der Waals surface area contributed by atoms with E-state index in [-0.39, 0.29) is 36.3 Å². The lowest BCUT2D eigenvalue weighted by Crippen LogP contribution is -2.45. The van der Waals surface area contributed by atoms with Gasteiger partial charge in [-0.2, -0.15) is 0 Å². The Morgan fingerprint density at radius 1 is 1.28 bits per heavy atom. The van der Waals surface area contributed by atoms with Crippen molar-refractivity contribution in [3.8, 4) is 11.3 Å². The monoisotopic (exact) mass is 377 g/mol. The molecule has 1 aromatic carbocycles. The van der Waals surface area contributed by atoms with Crippen LogP contribution in [0.3, 0.4) is 0 Å². The molecule has 2 aliphatic carbocycles. The number of carbonyl (C=O) groups is 1. The van der Waals surface area contributed by atoms with E-state index in [1.807, 2.05) is 25.1 Å². The standard InChI is InChI=1S/C19H23N3OS.ClH/c1-11(19-22-15(10-24-19)12-5-3-2-4-6-12)21-18(23)16-13-7-8-14(9-13)17(16)20;/h2-6,10-11,13-14,16-17H,7-9,20H2,1H3,(H,21,23);1H. The highest BCUT2D eigenvalue weighted by molar-refractivity contribution is 7.10. The smallest absolute Gasteiger partial charge is 0.225 e. The molecule has 2 aromatic rings. The summed E-state index contributed by atoms with van der Waals surface area (Å²) < 4.78 is 0. The molecule has 1 amide bonds. The molecule has 6 heteroatoms. The molecule has 25 heavy (non-hydrogen) atoms. The average Bonchev–Trinajstić information content (AvgIpc) is 3.31. The van der Waals surface area contributed by atoms with Gasteiger partial charge in [0.05, 0.1) is 17.7 Å². The first-order valence-electron chi connectivity index (χ1n) is 8.70. The van der Waals surface area contributed by atoms with Gasteiger partial charge in [-0.05, 0) is 38.0 Å². The summed E-state index contributed by atoms with van der Waals surface area (Å²) in [4.78, 5) is 17.4. The van der Waals surface area contributed by atoms with Crippen molar-refractivity contribution in [2.24, 2.45) is 23.5 Å². The van der Waals surface area contributed by atoms with Gasteiger partial charge in [-0.15, -0.1) is 23.7 Å². The third-order valence-corrected chi connectivity index (χ3v) is 6.63. The highest BCUT2D eigenvalue weighted by Crippen LogP contribution is 2.47. The minimum absolute atomic E-state index is 0. The number of aromatic nitrogens is 1. The number of benzene rings is 1. The summed E-state index contributed by atoms with van der Waals surface area (Å²) in [6.07, 6.45) is 3.47. The van der Waals surface area contributed by atoms with Crippen molar-refractivity contribution in [1.29, 1.82) is 0 Å². The third-order valence-electron chi connectivity index (χ3n) is 5.60. The van der Waals surface area contributed by atoms with Gasteiger partial charge in [-0.1, -0.05) is 30.3 Å². The van der Waals surface area contributed by atoms with Gasteiger partial charge in [0.15, 0.2) is 0 Å². The lowest BCUT2D eigenvalue weighted by atomic mass is 9.84. The van der Waals surface area contributed by atoms with Crippen LogP contribution in [0.5, 0.6) is 0 Å². The molecule has 2 fully saturated rings.